The minimum absolute atomic E-state index is 0.171. The van der Waals surface area contributed by atoms with Crippen LogP contribution >= 0.6 is 11.6 Å². The number of halogens is 1. The molecule has 9 heteroatoms. The third-order valence-corrected chi connectivity index (χ3v) is 8.10. The largest absolute Gasteiger partial charge is 0.354 e. The second-order valence-corrected chi connectivity index (χ2v) is 10.5. The lowest BCUT2D eigenvalue weighted by Gasteiger charge is -2.28. The molecule has 1 saturated heterocycles. The van der Waals surface area contributed by atoms with Crippen LogP contribution in [0.5, 0.6) is 0 Å². The van der Waals surface area contributed by atoms with Gasteiger partial charge in [-0.1, -0.05) is 66.9 Å². The van der Waals surface area contributed by atoms with Crippen molar-refractivity contribution < 1.29 is 13.2 Å². The topological polar surface area (TPSA) is 73.3 Å². The lowest BCUT2D eigenvalue weighted by atomic mass is 9.91. The smallest absolute Gasteiger partial charge is 0.245 e. The molecule has 2 aliphatic heterocycles. The van der Waals surface area contributed by atoms with Gasteiger partial charge < -0.3 is 0 Å². The van der Waals surface area contributed by atoms with E-state index >= 15 is 0 Å². The van der Waals surface area contributed by atoms with Crippen LogP contribution in [0.25, 0.3) is 0 Å². The second-order valence-electron chi connectivity index (χ2n) is 8.11. The Morgan fingerprint density at radius 3 is 2.25 bits per heavy atom. The maximum Gasteiger partial charge on any atom is 0.354 e. The summed E-state index contributed by atoms with van der Waals surface area (Å²) < 4.78 is 28.5. The molecule has 1 fully saturated rings. The molecule has 0 N–H and O–H groups in total. The number of carbonyl (C=O) groups is 1. The molecule has 0 aliphatic carbocycles. The molecule has 7 nitrogen and oxygen atoms in total. The normalized spacial score (nSPS) is 20.0. The van der Waals surface area contributed by atoms with Crippen LogP contribution in [0.1, 0.15) is 42.7 Å². The van der Waals surface area contributed by atoms with Crippen molar-refractivity contribution in [1.82, 2.24) is 13.6 Å². The van der Waals surface area contributed by atoms with E-state index in [2.05, 4.69) is 5.10 Å². The molecule has 0 radical (unpaired) electrons. The zero-order chi connectivity index (χ0) is 22.7. The molecule has 1 atom stereocenters. The molecule has 32 heavy (non-hydrogen) atoms. The molecule has 0 spiro atoms. The second kappa shape index (κ2) is 9.60. The summed E-state index contributed by atoms with van der Waals surface area (Å²) >= 11 is 6.05. The van der Waals surface area contributed by atoms with Crippen LogP contribution in [0.2, 0.25) is 5.02 Å². The van der Waals surface area contributed by atoms with Crippen molar-refractivity contribution >= 4 is 33.6 Å². The van der Waals surface area contributed by atoms with Gasteiger partial charge >= 0.3 is 16.2 Å². The number of benzene rings is 2. The monoisotopic (exact) mass is 474 g/mol. The Bertz CT molecular complexity index is 1080. The van der Waals surface area contributed by atoms with Crippen molar-refractivity contribution in [3.63, 3.8) is 0 Å². The number of nitrogens with zero attached hydrogens (tertiary/aromatic N) is 4. The summed E-state index contributed by atoms with van der Waals surface area (Å²) in [5.74, 6) is -0.171. The fraction of sp³-hybridized carbons (Fsp3) is 0.391. The third kappa shape index (κ3) is 4.67. The van der Waals surface area contributed by atoms with E-state index < -0.39 is 16.2 Å². The first-order valence-corrected chi connectivity index (χ1v) is 12.6. The predicted octanol–water partition coefficient (Wildman–Crippen LogP) is 4.32. The van der Waals surface area contributed by atoms with Gasteiger partial charge in [0.25, 0.3) is 0 Å². The van der Waals surface area contributed by atoms with Gasteiger partial charge in [0.05, 0.1) is 12.3 Å². The molecule has 2 aliphatic rings. The first kappa shape index (κ1) is 22.8. The minimum Gasteiger partial charge on any atom is -0.245 e. The number of hydrazone groups is 1. The van der Waals surface area contributed by atoms with Crippen molar-refractivity contribution in [2.45, 2.75) is 31.6 Å². The van der Waals surface area contributed by atoms with E-state index in [0.717, 1.165) is 41.1 Å². The first-order valence-electron chi connectivity index (χ1n) is 10.8. The van der Waals surface area contributed by atoms with Crippen LogP contribution in [0, 0.1) is 0 Å². The van der Waals surface area contributed by atoms with Gasteiger partial charge in [-0.3, -0.25) is 0 Å². The van der Waals surface area contributed by atoms with Gasteiger partial charge in [0.15, 0.2) is 0 Å². The fourth-order valence-corrected chi connectivity index (χ4v) is 5.64. The number of rotatable bonds is 4. The molecule has 0 bridgehead atoms. The van der Waals surface area contributed by atoms with Crippen LogP contribution in [0.3, 0.4) is 0 Å². The molecule has 2 heterocycles. The first-order chi connectivity index (χ1) is 15.4. The zero-order valence-corrected chi connectivity index (χ0v) is 19.6. The highest BCUT2D eigenvalue weighted by Crippen LogP contribution is 2.30. The number of amides is 2. The van der Waals surface area contributed by atoms with E-state index in [1.54, 1.807) is 12.1 Å². The summed E-state index contributed by atoms with van der Waals surface area (Å²) in [5, 5.41) is 6.45. The zero-order valence-electron chi connectivity index (χ0n) is 18.0. The Hall–Kier alpha value is -2.42. The predicted molar refractivity (Wildman–Crippen MR) is 126 cm³/mol. The SMILES string of the molecule is CN(C(=O)N1CC(c2ccccc2)C(c2ccc(Cl)cc2)=N1)S(=O)(=O)N1CCCCCC1. The van der Waals surface area contributed by atoms with Crippen molar-refractivity contribution in [2.75, 3.05) is 26.7 Å². The number of urea groups is 1. The molecule has 0 saturated carbocycles. The highest BCUT2D eigenvalue weighted by Gasteiger charge is 2.38. The summed E-state index contributed by atoms with van der Waals surface area (Å²) in [7, 11) is -2.59. The van der Waals surface area contributed by atoms with E-state index in [0.29, 0.717) is 23.8 Å². The summed E-state index contributed by atoms with van der Waals surface area (Å²) in [6.07, 6.45) is 3.62. The maximum atomic E-state index is 13.2. The van der Waals surface area contributed by atoms with Crippen molar-refractivity contribution in [3.05, 3.63) is 70.7 Å². The van der Waals surface area contributed by atoms with E-state index in [4.69, 9.17) is 11.6 Å². The van der Waals surface area contributed by atoms with Gasteiger partial charge in [-0.15, -0.1) is 0 Å². The highest BCUT2D eigenvalue weighted by molar-refractivity contribution is 7.87. The standard InChI is InChI=1S/C23H27ClN4O3S/c1-26(32(30,31)27-15-7-2-3-8-16-27)23(29)28-17-21(18-9-5-4-6-10-18)22(25-28)19-11-13-20(24)14-12-19/h4-6,9-14,21H,2-3,7-8,15-17H2,1H3. The van der Waals surface area contributed by atoms with Gasteiger partial charge in [-0.25, -0.2) is 14.1 Å². The maximum absolute atomic E-state index is 13.2. The van der Waals surface area contributed by atoms with Crippen LogP contribution in [-0.2, 0) is 10.2 Å². The van der Waals surface area contributed by atoms with E-state index in [1.165, 1.54) is 16.4 Å². The van der Waals surface area contributed by atoms with E-state index in [-0.39, 0.29) is 12.5 Å². The number of hydrogen-bond acceptors (Lipinski definition) is 4. The van der Waals surface area contributed by atoms with Crippen LogP contribution in [0.4, 0.5) is 4.79 Å². The number of carbonyl (C=O) groups excluding carboxylic acids is 1. The van der Waals surface area contributed by atoms with Crippen molar-refractivity contribution in [1.29, 1.82) is 0 Å². The van der Waals surface area contributed by atoms with Gasteiger partial charge in [-0.2, -0.15) is 17.8 Å². The van der Waals surface area contributed by atoms with E-state index in [9.17, 15) is 13.2 Å². The highest BCUT2D eigenvalue weighted by atomic mass is 35.5. The average Bonchev–Trinajstić information content (AvgIpc) is 3.05. The summed E-state index contributed by atoms with van der Waals surface area (Å²) in [6.45, 7) is 1.14. The Kier molecular flexibility index (Phi) is 6.83. The molecule has 170 valence electrons. The van der Waals surface area contributed by atoms with Gasteiger partial charge in [0.1, 0.15) is 0 Å². The fourth-order valence-electron chi connectivity index (χ4n) is 4.16. The molecule has 1 unspecified atom stereocenters. The molecule has 4 rings (SSSR count). The molecule has 2 aromatic rings. The molecule has 2 aromatic carbocycles. The lowest BCUT2D eigenvalue weighted by molar-refractivity contribution is 0.186. The van der Waals surface area contributed by atoms with Crippen LogP contribution < -0.4 is 0 Å². The third-order valence-electron chi connectivity index (χ3n) is 5.98. The Morgan fingerprint density at radius 1 is 1.00 bits per heavy atom. The minimum atomic E-state index is -3.90. The van der Waals surface area contributed by atoms with Crippen molar-refractivity contribution in [3.8, 4) is 0 Å². The molecule has 2 amide bonds. The van der Waals surface area contributed by atoms with Gasteiger partial charge in [0, 0.05) is 31.1 Å². The van der Waals surface area contributed by atoms with Crippen molar-refractivity contribution in [2.24, 2.45) is 5.10 Å². The van der Waals surface area contributed by atoms with Crippen LogP contribution in [0.15, 0.2) is 59.7 Å². The van der Waals surface area contributed by atoms with Gasteiger partial charge in [-0.05, 0) is 36.1 Å². The van der Waals surface area contributed by atoms with Gasteiger partial charge in [0.2, 0.25) is 0 Å². The average molecular weight is 475 g/mol. The Labute approximate surface area is 194 Å². The number of hydrogen-bond donors (Lipinski definition) is 0. The lowest BCUT2D eigenvalue weighted by Crippen LogP contribution is -2.48. The molecular formula is C23H27ClN4O3S. The summed E-state index contributed by atoms with van der Waals surface area (Å²) in [5.41, 5.74) is 2.56. The summed E-state index contributed by atoms with van der Waals surface area (Å²) in [6, 6.07) is 16.4. The quantitative estimate of drug-likeness (QED) is 0.662. The van der Waals surface area contributed by atoms with E-state index in [1.807, 2.05) is 42.5 Å². The Morgan fingerprint density at radius 2 is 1.62 bits per heavy atom. The summed E-state index contributed by atoms with van der Waals surface area (Å²) in [4.78, 5) is 13.2. The van der Waals surface area contributed by atoms with Crippen LogP contribution in [-0.4, -0.2) is 60.5 Å². The molecular weight excluding hydrogens is 448 g/mol. The molecule has 0 aromatic heterocycles. The Balaban J connectivity index is 1.62.